The molecule has 2 heterocycles. The van der Waals surface area contributed by atoms with E-state index in [9.17, 15) is 0 Å². The third kappa shape index (κ3) is 1.90. The highest BCUT2D eigenvalue weighted by Gasteiger charge is 2.34. The molecule has 2 aromatic rings. The van der Waals surface area contributed by atoms with Gasteiger partial charge in [0.2, 0.25) is 0 Å². The first-order chi connectivity index (χ1) is 8.67. The molecule has 18 heavy (non-hydrogen) atoms. The topological polar surface area (TPSA) is 95.7 Å². The Morgan fingerprint density at radius 1 is 1.33 bits per heavy atom. The first kappa shape index (κ1) is 11.3. The van der Waals surface area contributed by atoms with Gasteiger partial charge in [0.05, 0.1) is 11.7 Å². The summed E-state index contributed by atoms with van der Waals surface area (Å²) in [5, 5.41) is 12.1. The van der Waals surface area contributed by atoms with Gasteiger partial charge in [0, 0.05) is 7.05 Å². The Morgan fingerprint density at radius 2 is 2.11 bits per heavy atom. The lowest BCUT2D eigenvalue weighted by atomic mass is 9.82. The summed E-state index contributed by atoms with van der Waals surface area (Å²) in [5.74, 6) is 0.969. The molecule has 0 atom stereocenters. The van der Waals surface area contributed by atoms with Crippen molar-refractivity contribution in [2.45, 2.75) is 37.6 Å². The van der Waals surface area contributed by atoms with Crippen LogP contribution in [-0.4, -0.2) is 25.1 Å². The molecule has 0 bridgehead atoms. The number of hydrogen-bond donors (Lipinski definition) is 1. The van der Waals surface area contributed by atoms with Gasteiger partial charge in [0.1, 0.15) is 0 Å². The van der Waals surface area contributed by atoms with Gasteiger partial charge in [-0.25, -0.2) is 0 Å². The third-order valence-electron chi connectivity index (χ3n) is 3.44. The Balaban J connectivity index is 1.89. The largest absolute Gasteiger partial charge is 0.332 e. The van der Waals surface area contributed by atoms with Crippen LogP contribution in [0.4, 0.5) is 0 Å². The molecule has 0 aromatic carbocycles. The maximum Gasteiger partial charge on any atom is 0.280 e. The second-order valence-corrected chi connectivity index (χ2v) is 4.86. The Hall–Kier alpha value is -1.76. The normalized spacial score (nSPS) is 19.0. The Bertz CT molecular complexity index is 539. The van der Waals surface area contributed by atoms with Crippen molar-refractivity contribution in [3.63, 3.8) is 0 Å². The second kappa shape index (κ2) is 4.16. The Labute approximate surface area is 104 Å². The first-order valence-corrected chi connectivity index (χ1v) is 6.17. The van der Waals surface area contributed by atoms with Crippen molar-refractivity contribution < 1.29 is 4.52 Å². The molecule has 7 nitrogen and oxygen atoms in total. The molecule has 1 aliphatic carbocycles. The lowest BCUT2D eigenvalue weighted by Gasteiger charge is -2.29. The number of nitrogens with two attached hydrogens (primary N) is 1. The fourth-order valence-electron chi connectivity index (χ4n) is 2.38. The molecule has 1 fully saturated rings. The average molecular weight is 248 g/mol. The van der Waals surface area contributed by atoms with Crippen LogP contribution in [0.3, 0.4) is 0 Å². The third-order valence-corrected chi connectivity index (χ3v) is 3.44. The van der Waals surface area contributed by atoms with E-state index < -0.39 is 5.54 Å². The van der Waals surface area contributed by atoms with Gasteiger partial charge >= 0.3 is 0 Å². The molecule has 0 unspecified atom stereocenters. The van der Waals surface area contributed by atoms with Gasteiger partial charge in [-0.1, -0.05) is 24.4 Å². The number of nitrogens with zero attached hydrogens (tertiary/aromatic N) is 5. The quantitative estimate of drug-likeness (QED) is 0.851. The highest BCUT2D eigenvalue weighted by Crippen LogP contribution is 2.33. The van der Waals surface area contributed by atoms with Crippen LogP contribution in [0.5, 0.6) is 0 Å². The average Bonchev–Trinajstić information content (AvgIpc) is 2.98. The van der Waals surface area contributed by atoms with Crippen molar-refractivity contribution in [1.29, 1.82) is 0 Å². The molecular weight excluding hydrogens is 232 g/mol. The molecule has 1 aliphatic rings. The predicted octanol–water partition coefficient (Wildman–Crippen LogP) is 0.983. The second-order valence-electron chi connectivity index (χ2n) is 4.86. The van der Waals surface area contributed by atoms with Crippen molar-refractivity contribution in [3.8, 4) is 11.6 Å². The molecule has 7 heteroatoms. The molecule has 0 radical (unpaired) electrons. The molecule has 0 amide bonds. The Morgan fingerprint density at radius 3 is 2.78 bits per heavy atom. The Kier molecular flexibility index (Phi) is 2.62. The fraction of sp³-hybridized carbons (Fsp3) is 0.636. The summed E-state index contributed by atoms with van der Waals surface area (Å²) in [6.45, 7) is 0. The summed E-state index contributed by atoms with van der Waals surface area (Å²) in [6.07, 6.45) is 6.88. The van der Waals surface area contributed by atoms with E-state index in [1.165, 1.54) is 11.2 Å². The molecule has 0 aliphatic heterocycles. The van der Waals surface area contributed by atoms with Crippen LogP contribution in [0.1, 0.15) is 37.9 Å². The van der Waals surface area contributed by atoms with E-state index in [1.54, 1.807) is 13.2 Å². The number of aryl methyl sites for hydroxylation is 1. The molecule has 1 saturated carbocycles. The summed E-state index contributed by atoms with van der Waals surface area (Å²) in [7, 11) is 1.74. The minimum absolute atomic E-state index is 0.383. The van der Waals surface area contributed by atoms with Crippen molar-refractivity contribution in [2.24, 2.45) is 12.8 Å². The van der Waals surface area contributed by atoms with E-state index in [-0.39, 0.29) is 0 Å². The highest BCUT2D eigenvalue weighted by molar-refractivity contribution is 5.43. The summed E-state index contributed by atoms with van der Waals surface area (Å²) >= 11 is 0. The lowest BCUT2D eigenvalue weighted by molar-refractivity contribution is 0.275. The summed E-state index contributed by atoms with van der Waals surface area (Å²) in [4.78, 5) is 5.83. The van der Waals surface area contributed by atoms with E-state index in [0.29, 0.717) is 17.4 Å². The van der Waals surface area contributed by atoms with Crippen LogP contribution < -0.4 is 5.73 Å². The number of rotatable bonds is 2. The zero-order chi connectivity index (χ0) is 12.6. The van der Waals surface area contributed by atoms with Crippen LogP contribution in [0.25, 0.3) is 11.6 Å². The molecular formula is C11H16N6O. The fourth-order valence-corrected chi connectivity index (χ4v) is 2.38. The van der Waals surface area contributed by atoms with Crippen molar-refractivity contribution in [1.82, 2.24) is 25.1 Å². The van der Waals surface area contributed by atoms with E-state index in [0.717, 1.165) is 25.7 Å². The molecule has 96 valence electrons. The molecule has 3 rings (SSSR count). The number of hydrogen-bond acceptors (Lipinski definition) is 6. The van der Waals surface area contributed by atoms with Crippen LogP contribution >= 0.6 is 0 Å². The van der Waals surface area contributed by atoms with Crippen LogP contribution in [-0.2, 0) is 12.6 Å². The number of aromatic nitrogens is 5. The standard InChI is InChI=1S/C11H16N6O/c1-17-13-7-8(15-17)9-14-10(16-18-9)11(12)5-3-2-4-6-11/h7H,2-6,12H2,1H3. The van der Waals surface area contributed by atoms with E-state index >= 15 is 0 Å². The molecule has 0 saturated heterocycles. The molecule has 2 aromatic heterocycles. The zero-order valence-corrected chi connectivity index (χ0v) is 10.3. The lowest BCUT2D eigenvalue weighted by Crippen LogP contribution is -2.39. The van der Waals surface area contributed by atoms with Gasteiger partial charge in [-0.15, -0.1) is 5.10 Å². The van der Waals surface area contributed by atoms with Gasteiger partial charge in [0.25, 0.3) is 5.89 Å². The van der Waals surface area contributed by atoms with E-state index in [1.807, 2.05) is 0 Å². The maximum atomic E-state index is 6.35. The van der Waals surface area contributed by atoms with Crippen molar-refractivity contribution in [3.05, 3.63) is 12.0 Å². The van der Waals surface area contributed by atoms with Crippen LogP contribution in [0.15, 0.2) is 10.7 Å². The van der Waals surface area contributed by atoms with Crippen molar-refractivity contribution >= 4 is 0 Å². The first-order valence-electron chi connectivity index (χ1n) is 6.17. The SMILES string of the molecule is Cn1ncc(-c2nc(C3(N)CCCCC3)no2)n1. The smallest absolute Gasteiger partial charge is 0.280 e. The van der Waals surface area contributed by atoms with E-state index in [4.69, 9.17) is 10.3 Å². The zero-order valence-electron chi connectivity index (χ0n) is 10.3. The predicted molar refractivity (Wildman–Crippen MR) is 63.2 cm³/mol. The highest BCUT2D eigenvalue weighted by atomic mass is 16.5. The minimum Gasteiger partial charge on any atom is -0.332 e. The van der Waals surface area contributed by atoms with Crippen LogP contribution in [0.2, 0.25) is 0 Å². The van der Waals surface area contributed by atoms with Gasteiger partial charge in [-0.05, 0) is 12.8 Å². The maximum absolute atomic E-state index is 6.35. The van der Waals surface area contributed by atoms with E-state index in [2.05, 4.69) is 20.3 Å². The monoisotopic (exact) mass is 248 g/mol. The van der Waals surface area contributed by atoms with Gasteiger partial charge in [-0.2, -0.15) is 14.9 Å². The van der Waals surface area contributed by atoms with Gasteiger partial charge in [0.15, 0.2) is 11.5 Å². The minimum atomic E-state index is -0.442. The van der Waals surface area contributed by atoms with Gasteiger partial charge < -0.3 is 10.3 Å². The summed E-state index contributed by atoms with van der Waals surface area (Å²) < 4.78 is 5.23. The van der Waals surface area contributed by atoms with Gasteiger partial charge in [-0.3, -0.25) is 0 Å². The van der Waals surface area contributed by atoms with Crippen LogP contribution in [0, 0.1) is 0 Å². The summed E-state index contributed by atoms with van der Waals surface area (Å²) in [5.41, 5.74) is 6.49. The molecule has 0 spiro atoms. The van der Waals surface area contributed by atoms with Crippen molar-refractivity contribution in [2.75, 3.05) is 0 Å². The summed E-state index contributed by atoms with van der Waals surface area (Å²) in [6, 6.07) is 0. The molecule has 2 N–H and O–H groups in total.